The van der Waals surface area contributed by atoms with Crippen molar-refractivity contribution in [1.82, 2.24) is 19.5 Å². The molecule has 8 nitrogen and oxygen atoms in total. The number of rotatable bonds is 7. The van der Waals surface area contributed by atoms with Gasteiger partial charge in [0.05, 0.1) is 13.3 Å². The van der Waals surface area contributed by atoms with Crippen molar-refractivity contribution in [3.05, 3.63) is 58.5 Å². The van der Waals surface area contributed by atoms with Crippen LogP contribution in [0.5, 0.6) is 5.75 Å². The number of aromatic nitrogens is 3. The second-order valence-electron chi connectivity index (χ2n) is 8.80. The Balaban J connectivity index is 1.33. The van der Waals surface area contributed by atoms with E-state index in [2.05, 4.69) is 22.2 Å². The van der Waals surface area contributed by atoms with E-state index in [1.54, 1.807) is 11.6 Å². The maximum Gasteiger partial charge on any atom is 0.254 e. The molecule has 0 saturated carbocycles. The van der Waals surface area contributed by atoms with E-state index in [0.29, 0.717) is 30.0 Å². The van der Waals surface area contributed by atoms with Crippen molar-refractivity contribution in [3.63, 3.8) is 0 Å². The molecule has 0 spiro atoms. The predicted molar refractivity (Wildman–Crippen MR) is 125 cm³/mol. The zero-order valence-electron chi connectivity index (χ0n) is 19.5. The van der Waals surface area contributed by atoms with Crippen LogP contribution in [0, 0.1) is 19.8 Å². The molecule has 0 aliphatic carbocycles. The summed E-state index contributed by atoms with van der Waals surface area (Å²) in [6.07, 6.45) is 5.55. The fourth-order valence-corrected chi connectivity index (χ4v) is 4.72. The van der Waals surface area contributed by atoms with Gasteiger partial charge in [0.15, 0.2) is 5.65 Å². The van der Waals surface area contributed by atoms with Crippen LogP contribution in [-0.2, 0) is 17.6 Å². The maximum absolute atomic E-state index is 12.9. The number of methoxy groups -OCH3 is 1. The molecule has 0 atom stereocenters. The summed E-state index contributed by atoms with van der Waals surface area (Å²) in [5, 5.41) is 4.26. The Labute approximate surface area is 193 Å². The van der Waals surface area contributed by atoms with Gasteiger partial charge in [0, 0.05) is 30.9 Å². The van der Waals surface area contributed by atoms with Crippen molar-refractivity contribution in [2.75, 3.05) is 20.2 Å². The molecule has 174 valence electrons. The molecule has 1 saturated heterocycles. The molecule has 2 amide bonds. The topological polar surface area (TPSA) is 103 Å². The SMILES string of the molecule is COc1ccc(CC2CCN(C(=O)CCc3c(C)nc4c(C(N)=O)cnn4c3C)CC2)cc1. The molecule has 1 aliphatic rings. The summed E-state index contributed by atoms with van der Waals surface area (Å²) in [5.74, 6) is 1.10. The number of carbonyl (C=O) groups excluding carboxylic acids is 2. The van der Waals surface area contributed by atoms with Gasteiger partial charge in [0.1, 0.15) is 11.3 Å². The Hall–Kier alpha value is -3.42. The predicted octanol–water partition coefficient (Wildman–Crippen LogP) is 2.87. The van der Waals surface area contributed by atoms with Crippen LogP contribution >= 0.6 is 0 Å². The number of nitrogens with zero attached hydrogens (tertiary/aromatic N) is 4. The molecule has 0 unspecified atom stereocenters. The lowest BCUT2D eigenvalue weighted by atomic mass is 9.90. The van der Waals surface area contributed by atoms with Crippen LogP contribution in [0.25, 0.3) is 5.65 Å². The van der Waals surface area contributed by atoms with Crippen LogP contribution in [-0.4, -0.2) is 51.5 Å². The molecule has 2 N–H and O–H groups in total. The molecular weight excluding hydrogens is 418 g/mol. The number of amides is 2. The van der Waals surface area contributed by atoms with Crippen molar-refractivity contribution in [3.8, 4) is 5.75 Å². The molecule has 1 aliphatic heterocycles. The maximum atomic E-state index is 12.9. The first-order valence-electron chi connectivity index (χ1n) is 11.4. The van der Waals surface area contributed by atoms with Crippen LogP contribution in [0.1, 0.15) is 52.1 Å². The summed E-state index contributed by atoms with van der Waals surface area (Å²) in [5.41, 5.74) is 10.2. The molecule has 4 rings (SSSR count). The number of ether oxygens (including phenoxy) is 1. The van der Waals surface area contributed by atoms with E-state index < -0.39 is 5.91 Å². The number of nitrogens with two attached hydrogens (primary N) is 1. The molecule has 0 radical (unpaired) electrons. The number of carbonyl (C=O) groups is 2. The van der Waals surface area contributed by atoms with Crippen LogP contribution in [0.3, 0.4) is 0 Å². The summed E-state index contributed by atoms with van der Waals surface area (Å²) >= 11 is 0. The number of hydrogen-bond acceptors (Lipinski definition) is 5. The third kappa shape index (κ3) is 4.84. The Morgan fingerprint density at radius 3 is 2.48 bits per heavy atom. The van der Waals surface area contributed by atoms with Gasteiger partial charge in [-0.2, -0.15) is 5.10 Å². The summed E-state index contributed by atoms with van der Waals surface area (Å²) in [4.78, 5) is 31.0. The summed E-state index contributed by atoms with van der Waals surface area (Å²) < 4.78 is 6.87. The average Bonchev–Trinajstić information content (AvgIpc) is 3.24. The zero-order chi connectivity index (χ0) is 23.5. The van der Waals surface area contributed by atoms with Crippen LogP contribution in [0.4, 0.5) is 0 Å². The average molecular weight is 450 g/mol. The van der Waals surface area contributed by atoms with Crippen LogP contribution in [0.15, 0.2) is 30.5 Å². The number of primary amides is 1. The molecule has 8 heteroatoms. The van der Waals surface area contributed by atoms with Crippen molar-refractivity contribution in [1.29, 1.82) is 0 Å². The van der Waals surface area contributed by atoms with Gasteiger partial charge in [-0.05, 0) is 68.7 Å². The number of piperidine rings is 1. The van der Waals surface area contributed by atoms with E-state index in [9.17, 15) is 9.59 Å². The lowest BCUT2D eigenvalue weighted by Gasteiger charge is -2.32. The monoisotopic (exact) mass is 449 g/mol. The molecule has 3 heterocycles. The number of aryl methyl sites for hydroxylation is 2. The lowest BCUT2D eigenvalue weighted by molar-refractivity contribution is -0.132. The molecule has 3 aromatic rings. The van der Waals surface area contributed by atoms with Crippen LogP contribution < -0.4 is 10.5 Å². The third-order valence-corrected chi connectivity index (χ3v) is 6.71. The van der Waals surface area contributed by atoms with E-state index in [1.165, 1.54) is 11.8 Å². The van der Waals surface area contributed by atoms with Crippen molar-refractivity contribution in [2.45, 2.75) is 46.0 Å². The lowest BCUT2D eigenvalue weighted by Crippen LogP contribution is -2.39. The minimum Gasteiger partial charge on any atom is -0.497 e. The smallest absolute Gasteiger partial charge is 0.254 e. The Kier molecular flexibility index (Phi) is 6.62. The highest BCUT2D eigenvalue weighted by molar-refractivity contribution is 5.98. The number of hydrogen-bond donors (Lipinski definition) is 1. The first-order chi connectivity index (χ1) is 15.9. The summed E-state index contributed by atoms with van der Waals surface area (Å²) in [6, 6.07) is 8.25. The van der Waals surface area contributed by atoms with Gasteiger partial charge in [0.2, 0.25) is 5.91 Å². The number of likely N-dealkylation sites (tertiary alicyclic amines) is 1. The molecule has 0 bridgehead atoms. The highest BCUT2D eigenvalue weighted by Crippen LogP contribution is 2.24. The van der Waals surface area contributed by atoms with Crippen molar-refractivity contribution in [2.24, 2.45) is 11.7 Å². The highest BCUT2D eigenvalue weighted by Gasteiger charge is 2.24. The number of fused-ring (bicyclic) bond motifs is 1. The minimum absolute atomic E-state index is 0.176. The minimum atomic E-state index is -0.547. The highest BCUT2D eigenvalue weighted by atomic mass is 16.5. The van der Waals surface area contributed by atoms with Gasteiger partial charge in [-0.25, -0.2) is 9.50 Å². The fraction of sp³-hybridized carbons (Fsp3) is 0.440. The zero-order valence-corrected chi connectivity index (χ0v) is 19.5. The van der Waals surface area contributed by atoms with Crippen LogP contribution in [0.2, 0.25) is 0 Å². The second kappa shape index (κ2) is 9.60. The standard InChI is InChI=1S/C25H31N5O3/c1-16-21(17(2)30-25(28-16)22(15-27-30)24(26)32)8-9-23(31)29-12-10-19(11-13-29)14-18-4-6-20(33-3)7-5-18/h4-7,15,19H,8-14H2,1-3H3,(H2,26,32). The normalized spacial score (nSPS) is 14.6. The summed E-state index contributed by atoms with van der Waals surface area (Å²) in [7, 11) is 1.68. The van der Waals surface area contributed by atoms with Gasteiger partial charge in [-0.1, -0.05) is 12.1 Å². The van der Waals surface area contributed by atoms with Gasteiger partial charge in [-0.3, -0.25) is 9.59 Å². The molecule has 1 fully saturated rings. The largest absolute Gasteiger partial charge is 0.497 e. The number of benzene rings is 1. The first kappa shape index (κ1) is 22.8. The molecule has 33 heavy (non-hydrogen) atoms. The van der Waals surface area contributed by atoms with E-state index in [4.69, 9.17) is 10.5 Å². The van der Waals surface area contributed by atoms with Gasteiger partial charge >= 0.3 is 0 Å². The quantitative estimate of drug-likeness (QED) is 0.597. The Morgan fingerprint density at radius 2 is 1.85 bits per heavy atom. The Morgan fingerprint density at radius 1 is 1.15 bits per heavy atom. The van der Waals surface area contributed by atoms with Gasteiger partial charge < -0.3 is 15.4 Å². The molecule has 1 aromatic carbocycles. The molecular formula is C25H31N5O3. The van der Waals surface area contributed by atoms with E-state index in [0.717, 1.165) is 55.1 Å². The third-order valence-electron chi connectivity index (χ3n) is 6.71. The second-order valence-corrected chi connectivity index (χ2v) is 8.80. The van der Waals surface area contributed by atoms with Crippen molar-refractivity contribution < 1.29 is 14.3 Å². The van der Waals surface area contributed by atoms with Crippen molar-refractivity contribution >= 4 is 17.5 Å². The van der Waals surface area contributed by atoms with E-state index in [1.807, 2.05) is 30.9 Å². The fourth-order valence-electron chi connectivity index (χ4n) is 4.72. The van der Waals surface area contributed by atoms with Gasteiger partial charge in [0.25, 0.3) is 5.91 Å². The van der Waals surface area contributed by atoms with E-state index >= 15 is 0 Å². The Bertz CT molecular complexity index is 1160. The van der Waals surface area contributed by atoms with E-state index in [-0.39, 0.29) is 5.91 Å². The summed E-state index contributed by atoms with van der Waals surface area (Å²) in [6.45, 7) is 5.44. The molecule has 2 aromatic heterocycles. The van der Waals surface area contributed by atoms with Gasteiger partial charge in [-0.15, -0.1) is 0 Å². The first-order valence-corrected chi connectivity index (χ1v) is 11.4.